The summed E-state index contributed by atoms with van der Waals surface area (Å²) in [6.45, 7) is 0.519. The van der Waals surface area contributed by atoms with Gasteiger partial charge < -0.3 is 10.0 Å². The van der Waals surface area contributed by atoms with Gasteiger partial charge in [-0.2, -0.15) is 5.10 Å². The quantitative estimate of drug-likeness (QED) is 0.941. The van der Waals surface area contributed by atoms with Crippen molar-refractivity contribution in [3.05, 3.63) is 48.0 Å². The lowest BCUT2D eigenvalue weighted by Gasteiger charge is -2.22. The van der Waals surface area contributed by atoms with E-state index in [1.165, 1.54) is 23.1 Å². The van der Waals surface area contributed by atoms with Crippen LogP contribution in [0.3, 0.4) is 0 Å². The summed E-state index contributed by atoms with van der Waals surface area (Å²) < 4.78 is 15.1. The number of nitrogens with zero attached hydrogens (tertiary/aromatic N) is 3. The van der Waals surface area contributed by atoms with Crippen LogP contribution in [0.25, 0.3) is 5.69 Å². The highest BCUT2D eigenvalue weighted by atomic mass is 19.1. The van der Waals surface area contributed by atoms with E-state index in [-0.39, 0.29) is 17.9 Å². The van der Waals surface area contributed by atoms with Gasteiger partial charge in [-0.25, -0.2) is 9.07 Å². The third kappa shape index (κ3) is 3.27. The number of rotatable bonds is 4. The van der Waals surface area contributed by atoms with Gasteiger partial charge in [0.15, 0.2) is 0 Å². The van der Waals surface area contributed by atoms with Crippen LogP contribution in [-0.4, -0.2) is 45.4 Å². The summed E-state index contributed by atoms with van der Waals surface area (Å²) >= 11 is 0. The topological polar surface area (TPSA) is 58.4 Å². The van der Waals surface area contributed by atoms with E-state index in [1.54, 1.807) is 30.1 Å². The first-order valence-electron chi connectivity index (χ1n) is 7.79. The van der Waals surface area contributed by atoms with E-state index in [9.17, 15) is 14.3 Å². The number of hydrogen-bond donors (Lipinski definition) is 1. The first kappa shape index (κ1) is 15.7. The highest BCUT2D eigenvalue weighted by Gasteiger charge is 2.28. The van der Waals surface area contributed by atoms with E-state index in [0.717, 1.165) is 19.3 Å². The van der Waals surface area contributed by atoms with Crippen molar-refractivity contribution in [2.24, 2.45) is 5.92 Å². The number of carbonyl (C=O) groups is 1. The zero-order chi connectivity index (χ0) is 16.4. The number of halogens is 1. The molecular formula is C17H20FN3O2. The van der Waals surface area contributed by atoms with Gasteiger partial charge in [0, 0.05) is 25.7 Å². The molecule has 0 radical (unpaired) electrons. The van der Waals surface area contributed by atoms with Gasteiger partial charge in [0.1, 0.15) is 11.5 Å². The second kappa shape index (κ2) is 6.50. The molecule has 6 heteroatoms. The molecular weight excluding hydrogens is 297 g/mol. The van der Waals surface area contributed by atoms with Crippen LogP contribution in [0.15, 0.2) is 36.7 Å². The molecule has 1 aromatic carbocycles. The smallest absolute Gasteiger partial charge is 0.256 e. The monoisotopic (exact) mass is 317 g/mol. The maximum atomic E-state index is 13.8. The summed E-state index contributed by atoms with van der Waals surface area (Å²) in [5.41, 5.74) is 0.712. The molecule has 0 bridgehead atoms. The fourth-order valence-corrected chi connectivity index (χ4v) is 3.09. The average molecular weight is 317 g/mol. The lowest BCUT2D eigenvalue weighted by Crippen LogP contribution is -2.34. The zero-order valence-corrected chi connectivity index (χ0v) is 13.0. The summed E-state index contributed by atoms with van der Waals surface area (Å²) in [5, 5.41) is 14.0. The van der Waals surface area contributed by atoms with Gasteiger partial charge in [-0.1, -0.05) is 18.6 Å². The molecule has 0 spiro atoms. The Morgan fingerprint density at radius 1 is 1.43 bits per heavy atom. The largest absolute Gasteiger partial charge is 0.393 e. The van der Waals surface area contributed by atoms with Gasteiger partial charge >= 0.3 is 0 Å². The van der Waals surface area contributed by atoms with Crippen molar-refractivity contribution in [2.75, 3.05) is 13.6 Å². The predicted molar refractivity (Wildman–Crippen MR) is 83.8 cm³/mol. The minimum Gasteiger partial charge on any atom is -0.393 e. The summed E-state index contributed by atoms with van der Waals surface area (Å²) in [4.78, 5) is 14.1. The highest BCUT2D eigenvalue weighted by molar-refractivity contribution is 5.93. The van der Waals surface area contributed by atoms with Crippen molar-refractivity contribution >= 4 is 5.91 Å². The number of benzene rings is 1. The molecule has 1 N–H and O–H groups in total. The van der Waals surface area contributed by atoms with E-state index in [0.29, 0.717) is 17.8 Å². The Morgan fingerprint density at radius 3 is 2.91 bits per heavy atom. The number of aromatic nitrogens is 2. The van der Waals surface area contributed by atoms with Crippen molar-refractivity contribution in [3.63, 3.8) is 0 Å². The van der Waals surface area contributed by atoms with Gasteiger partial charge in [-0.3, -0.25) is 4.79 Å². The predicted octanol–water partition coefficient (Wildman–Crippen LogP) is 2.24. The van der Waals surface area contributed by atoms with Crippen LogP contribution in [-0.2, 0) is 0 Å². The van der Waals surface area contributed by atoms with Gasteiger partial charge in [-0.05, 0) is 25.0 Å². The molecule has 1 heterocycles. The van der Waals surface area contributed by atoms with E-state index < -0.39 is 5.82 Å². The molecule has 0 saturated heterocycles. The summed E-state index contributed by atoms with van der Waals surface area (Å²) in [6, 6.07) is 6.28. The summed E-state index contributed by atoms with van der Waals surface area (Å²) in [7, 11) is 1.72. The van der Waals surface area contributed by atoms with E-state index in [4.69, 9.17) is 0 Å². The number of para-hydroxylation sites is 1. The van der Waals surface area contributed by atoms with E-state index in [2.05, 4.69) is 5.10 Å². The minimum atomic E-state index is -0.392. The molecule has 1 saturated carbocycles. The average Bonchev–Trinajstić information content (AvgIpc) is 3.17. The molecule has 0 aliphatic heterocycles. The molecule has 1 aromatic heterocycles. The van der Waals surface area contributed by atoms with Gasteiger partial charge in [-0.15, -0.1) is 0 Å². The minimum absolute atomic E-state index is 0.130. The van der Waals surface area contributed by atoms with Crippen molar-refractivity contribution in [2.45, 2.75) is 25.4 Å². The maximum absolute atomic E-state index is 13.8. The van der Waals surface area contributed by atoms with Crippen LogP contribution in [0.1, 0.15) is 29.6 Å². The second-order valence-electron chi connectivity index (χ2n) is 6.07. The molecule has 2 atom stereocenters. The Morgan fingerprint density at radius 2 is 2.22 bits per heavy atom. The van der Waals surface area contributed by atoms with Crippen LogP contribution in [0, 0.1) is 11.7 Å². The Kier molecular flexibility index (Phi) is 4.43. The number of aliphatic hydroxyl groups excluding tert-OH is 1. The Hall–Kier alpha value is -2.21. The molecule has 23 heavy (non-hydrogen) atoms. The molecule has 5 nitrogen and oxygen atoms in total. The SMILES string of the molecule is CN(CC1CCCC1O)C(=O)c1cnn(-c2ccccc2F)c1. The third-order valence-electron chi connectivity index (χ3n) is 4.40. The lowest BCUT2D eigenvalue weighted by atomic mass is 10.1. The Labute approximate surface area is 134 Å². The van der Waals surface area contributed by atoms with Crippen molar-refractivity contribution in [1.29, 1.82) is 0 Å². The number of amides is 1. The van der Waals surface area contributed by atoms with Gasteiger partial charge in [0.25, 0.3) is 5.91 Å². The molecule has 1 aliphatic rings. The molecule has 1 fully saturated rings. The second-order valence-corrected chi connectivity index (χ2v) is 6.07. The first-order chi connectivity index (χ1) is 11.1. The van der Waals surface area contributed by atoms with Gasteiger partial charge in [0.05, 0.1) is 17.9 Å². The van der Waals surface area contributed by atoms with Gasteiger partial charge in [0.2, 0.25) is 0 Å². The first-order valence-corrected chi connectivity index (χ1v) is 7.79. The van der Waals surface area contributed by atoms with Crippen LogP contribution < -0.4 is 0 Å². The van der Waals surface area contributed by atoms with Crippen molar-refractivity contribution in [3.8, 4) is 5.69 Å². The molecule has 2 unspecified atom stereocenters. The Bertz CT molecular complexity index is 701. The van der Waals surface area contributed by atoms with E-state index >= 15 is 0 Å². The standard InChI is InChI=1S/C17H20FN3O2/c1-20(10-12-5-4-8-16(12)22)17(23)13-9-19-21(11-13)15-7-3-2-6-14(15)18/h2-3,6-7,9,11-12,16,22H,4-5,8,10H2,1H3. The molecule has 1 amide bonds. The van der Waals surface area contributed by atoms with Crippen molar-refractivity contribution < 1.29 is 14.3 Å². The van der Waals surface area contributed by atoms with Crippen LogP contribution >= 0.6 is 0 Å². The zero-order valence-electron chi connectivity index (χ0n) is 13.0. The van der Waals surface area contributed by atoms with Crippen molar-refractivity contribution in [1.82, 2.24) is 14.7 Å². The molecule has 122 valence electrons. The van der Waals surface area contributed by atoms with Crippen LogP contribution in [0.5, 0.6) is 0 Å². The van der Waals surface area contributed by atoms with E-state index in [1.807, 2.05) is 0 Å². The fourth-order valence-electron chi connectivity index (χ4n) is 3.09. The highest BCUT2D eigenvalue weighted by Crippen LogP contribution is 2.26. The molecule has 3 rings (SSSR count). The van der Waals surface area contributed by atoms with Crippen LogP contribution in [0.4, 0.5) is 4.39 Å². The Balaban J connectivity index is 1.72. The normalized spacial score (nSPS) is 20.7. The summed E-state index contributed by atoms with van der Waals surface area (Å²) in [6.07, 6.45) is 5.38. The third-order valence-corrected chi connectivity index (χ3v) is 4.40. The summed E-state index contributed by atoms with van der Waals surface area (Å²) in [5.74, 6) is -0.436. The lowest BCUT2D eigenvalue weighted by molar-refractivity contribution is 0.0693. The molecule has 2 aromatic rings. The number of hydrogen-bond acceptors (Lipinski definition) is 3. The molecule has 1 aliphatic carbocycles. The maximum Gasteiger partial charge on any atom is 0.256 e. The number of aliphatic hydroxyl groups is 1. The van der Waals surface area contributed by atoms with Crippen LogP contribution in [0.2, 0.25) is 0 Å². The number of carbonyl (C=O) groups excluding carboxylic acids is 1. The fraction of sp³-hybridized carbons (Fsp3) is 0.412.